The Morgan fingerprint density at radius 2 is 1.57 bits per heavy atom. The molecule has 0 radical (unpaired) electrons. The second-order valence-electron chi connectivity index (χ2n) is 20.3. The number of piperidine rings is 1. The summed E-state index contributed by atoms with van der Waals surface area (Å²) >= 11 is 0. The number of phenolic OH excluding ortho intramolecular Hbond substituents is 5. The van der Waals surface area contributed by atoms with Crippen molar-refractivity contribution in [1.82, 2.24) is 15.3 Å². The van der Waals surface area contributed by atoms with Crippen LogP contribution in [0.5, 0.6) is 28.7 Å². The Kier molecular flexibility index (Phi) is 8.84. The molecule has 1 aliphatic heterocycles. The topological polar surface area (TPSA) is 162 Å². The summed E-state index contributed by atoms with van der Waals surface area (Å²) in [5.41, 5.74) is 5.21. The predicted octanol–water partition coefficient (Wildman–Crippen LogP) is 9.73. The molecule has 1 aromatic heterocycles. The predicted molar refractivity (Wildman–Crippen MR) is 243 cm³/mol. The third-order valence-corrected chi connectivity index (χ3v) is 18.2. The Morgan fingerprint density at radius 1 is 0.762 bits per heavy atom. The van der Waals surface area contributed by atoms with Crippen molar-refractivity contribution in [2.45, 2.75) is 94.2 Å². The van der Waals surface area contributed by atoms with Crippen LogP contribution in [-0.4, -0.2) is 52.8 Å². The summed E-state index contributed by atoms with van der Waals surface area (Å²) in [7, 11) is 0. The monoisotopic (exact) mass is 843 g/mol. The van der Waals surface area contributed by atoms with Gasteiger partial charge in [0.25, 0.3) is 0 Å². The van der Waals surface area contributed by atoms with Crippen LogP contribution in [0, 0.1) is 46.3 Å². The highest BCUT2D eigenvalue weighted by Gasteiger charge is 2.80. The number of allylic oxidation sites excluding steroid dienone is 3. The number of nitrogens with zero attached hydrogens (tertiary/aromatic N) is 1. The van der Waals surface area contributed by atoms with Crippen LogP contribution in [0.1, 0.15) is 97.3 Å². The molecule has 9 heteroatoms. The van der Waals surface area contributed by atoms with E-state index in [0.29, 0.717) is 64.5 Å². The molecule has 12 atom stereocenters. The number of rotatable bonds is 7. The molecule has 63 heavy (non-hydrogen) atoms. The third kappa shape index (κ3) is 5.32. The van der Waals surface area contributed by atoms with Crippen molar-refractivity contribution in [2.75, 3.05) is 0 Å². The number of aromatic nitrogens is 2. The zero-order valence-corrected chi connectivity index (χ0v) is 35.5. The molecule has 6 aliphatic carbocycles. The molecule has 5 fully saturated rings. The Morgan fingerprint density at radius 3 is 2.37 bits per heavy atom. The summed E-state index contributed by atoms with van der Waals surface area (Å²) in [5, 5.41) is 71.2. The van der Waals surface area contributed by atoms with Crippen molar-refractivity contribution >= 4 is 22.9 Å². The van der Waals surface area contributed by atoms with Crippen LogP contribution in [-0.2, 0) is 18.3 Å². The first-order chi connectivity index (χ1) is 30.6. The standard InChI is InChI=1S/C54H57N3O6/c58-42-22-10-31(25-45(42)61)9-19-38-39-4-1-5-43(59)47(39)49(63)48(62)40(38)20-8-30-6-11-32(12-7-30)41-21-13-33-26-36-3-2-24-53(36)37-17-16-34-14-15-35-18-23-44(60)50(52(34,35)27-37)54(53,51(33)57-41)46-28-55-29-56-46/h1,4-7,9-12,16-19,22-23,25,28-29,33-37,41,44,50-51,57-63H,2-3,8,13-15,20-21,24,26-27H2,(H,55,56)/b19-9+/t33-,34+,35-,36+,37+,41-,44-,50+,51+,52+,53+,54+/m0/s1. The van der Waals surface area contributed by atoms with Gasteiger partial charge in [-0.15, -0.1) is 0 Å². The minimum Gasteiger partial charge on any atom is -0.507 e. The number of aromatic hydroxyl groups is 5. The molecule has 12 rings (SSSR count). The summed E-state index contributed by atoms with van der Waals surface area (Å²) in [5.74, 6) is 1.46. The van der Waals surface area contributed by atoms with E-state index < -0.39 is 6.10 Å². The largest absolute Gasteiger partial charge is 0.507 e. The number of aliphatic hydroxyl groups is 1. The van der Waals surface area contributed by atoms with Gasteiger partial charge in [0.05, 0.1) is 17.8 Å². The van der Waals surface area contributed by atoms with Gasteiger partial charge in [0, 0.05) is 40.9 Å². The van der Waals surface area contributed by atoms with Crippen LogP contribution >= 0.6 is 0 Å². The second kappa shape index (κ2) is 14.2. The Hall–Kier alpha value is -5.51. The fourth-order valence-electron chi connectivity index (χ4n) is 16.1. The second-order valence-corrected chi connectivity index (χ2v) is 20.3. The zero-order chi connectivity index (χ0) is 42.8. The van der Waals surface area contributed by atoms with Crippen molar-refractivity contribution in [3.8, 4) is 28.7 Å². The van der Waals surface area contributed by atoms with Gasteiger partial charge in [-0.3, -0.25) is 0 Å². The average Bonchev–Trinajstić information content (AvgIpc) is 4.07. The molecule has 8 N–H and O–H groups in total. The maximum absolute atomic E-state index is 12.6. The van der Waals surface area contributed by atoms with Crippen molar-refractivity contribution in [3.05, 3.63) is 131 Å². The Labute approximate surface area is 368 Å². The maximum Gasteiger partial charge on any atom is 0.169 e. The maximum atomic E-state index is 12.6. The van der Waals surface area contributed by atoms with E-state index in [1.165, 1.54) is 74.4 Å². The number of nitrogens with one attached hydrogen (secondary N) is 2. The molecule has 1 saturated heterocycles. The molecule has 0 amide bonds. The quantitative estimate of drug-likeness (QED) is 0.0457. The minimum absolute atomic E-state index is 0.0377. The molecule has 2 heterocycles. The summed E-state index contributed by atoms with van der Waals surface area (Å²) in [6, 6.07) is 18.8. The van der Waals surface area contributed by atoms with Gasteiger partial charge < -0.3 is 40.9 Å². The minimum atomic E-state index is -0.511. The van der Waals surface area contributed by atoms with E-state index >= 15 is 0 Å². The van der Waals surface area contributed by atoms with Gasteiger partial charge in [0.15, 0.2) is 23.0 Å². The van der Waals surface area contributed by atoms with E-state index in [4.69, 9.17) is 4.98 Å². The zero-order valence-electron chi connectivity index (χ0n) is 35.5. The van der Waals surface area contributed by atoms with Crippen molar-refractivity contribution in [3.63, 3.8) is 0 Å². The summed E-state index contributed by atoms with van der Waals surface area (Å²) in [6.45, 7) is 0. The van der Waals surface area contributed by atoms with Gasteiger partial charge in [-0.25, -0.2) is 4.98 Å². The van der Waals surface area contributed by atoms with Gasteiger partial charge in [-0.05, 0) is 150 Å². The van der Waals surface area contributed by atoms with E-state index in [9.17, 15) is 30.6 Å². The first-order valence-corrected chi connectivity index (χ1v) is 23.4. The number of hydrogen-bond acceptors (Lipinski definition) is 8. The van der Waals surface area contributed by atoms with Crippen molar-refractivity contribution in [2.24, 2.45) is 46.3 Å². The molecule has 4 aromatic carbocycles. The normalized spacial score (nSPS) is 36.0. The number of H-pyrrole nitrogens is 1. The number of aromatic amines is 1. The number of fused-ring (bicyclic) bond motifs is 5. The molecular formula is C54H57N3O6. The molecule has 7 aliphatic rings. The smallest absolute Gasteiger partial charge is 0.169 e. The first kappa shape index (κ1) is 39.1. The molecule has 4 saturated carbocycles. The Bertz CT molecular complexity index is 2710. The van der Waals surface area contributed by atoms with Crippen molar-refractivity contribution in [1.29, 1.82) is 0 Å². The van der Waals surface area contributed by atoms with Crippen LogP contribution < -0.4 is 5.32 Å². The summed E-state index contributed by atoms with van der Waals surface area (Å²) in [6.07, 6.45) is 28.7. The molecule has 0 unspecified atom stereocenters. The van der Waals surface area contributed by atoms with E-state index in [-0.39, 0.29) is 68.4 Å². The third-order valence-electron chi connectivity index (χ3n) is 18.2. The van der Waals surface area contributed by atoms with Crippen LogP contribution in [0.25, 0.3) is 22.9 Å². The lowest BCUT2D eigenvalue weighted by Crippen LogP contribution is -2.79. The van der Waals surface area contributed by atoms with Crippen molar-refractivity contribution < 1.29 is 30.6 Å². The number of phenols is 5. The molecule has 2 bridgehead atoms. The number of benzene rings is 4. The fourth-order valence-corrected chi connectivity index (χ4v) is 16.1. The molecular weight excluding hydrogens is 787 g/mol. The van der Waals surface area contributed by atoms with E-state index in [0.717, 1.165) is 18.4 Å². The molecule has 324 valence electrons. The highest BCUT2D eigenvalue weighted by molar-refractivity contribution is 6.03. The summed E-state index contributed by atoms with van der Waals surface area (Å²) < 4.78 is 0. The lowest BCUT2D eigenvalue weighted by Gasteiger charge is -2.76. The SMILES string of the molecule is Oc1ccc(/C=C/c2c(CCc3ccc([C@@H]4CC[C@H]5C[C@H]6CCC[C@]67[C@@H]6C=C[C@H]8CC[C@H]9C=C[C@H](O)[C@H]([C@@]98C6)[C@]7(c6cnc[nH]6)[C@@H]5N4)cc3)c(O)c(O)c3c(O)cccc23)cc1O. The van der Waals surface area contributed by atoms with E-state index in [1.807, 2.05) is 18.5 Å². The number of aliphatic hydroxyl groups excluding tert-OH is 1. The number of hydrogen-bond donors (Lipinski definition) is 8. The lowest BCUT2D eigenvalue weighted by atomic mass is 9.29. The fraction of sp³-hybridized carbons (Fsp3) is 0.426. The van der Waals surface area contributed by atoms with Gasteiger partial charge in [-0.1, -0.05) is 85.3 Å². The highest BCUT2D eigenvalue weighted by atomic mass is 16.3. The number of aryl methyl sites for hydroxylation is 1. The molecule has 9 nitrogen and oxygen atoms in total. The first-order valence-electron chi connectivity index (χ1n) is 23.4. The van der Waals surface area contributed by atoms with E-state index in [2.05, 4.69) is 65.1 Å². The van der Waals surface area contributed by atoms with Crippen LogP contribution in [0.4, 0.5) is 0 Å². The highest BCUT2D eigenvalue weighted by Crippen LogP contribution is 2.81. The summed E-state index contributed by atoms with van der Waals surface area (Å²) in [4.78, 5) is 8.55. The van der Waals surface area contributed by atoms with Crippen LogP contribution in [0.2, 0.25) is 0 Å². The van der Waals surface area contributed by atoms with Gasteiger partial charge in [-0.2, -0.15) is 0 Å². The van der Waals surface area contributed by atoms with Crippen LogP contribution in [0.15, 0.2) is 97.5 Å². The molecule has 2 spiro atoms. The van der Waals surface area contributed by atoms with Gasteiger partial charge in [0.2, 0.25) is 0 Å². The van der Waals surface area contributed by atoms with Gasteiger partial charge >= 0.3 is 0 Å². The lowest BCUT2D eigenvalue weighted by molar-refractivity contribution is -0.226. The average molecular weight is 844 g/mol. The van der Waals surface area contributed by atoms with Crippen LogP contribution in [0.3, 0.4) is 0 Å². The Balaban J connectivity index is 0.880. The number of imidazole rings is 1. The molecule has 5 aromatic rings. The van der Waals surface area contributed by atoms with E-state index in [1.54, 1.807) is 18.2 Å². The van der Waals surface area contributed by atoms with Gasteiger partial charge in [0.1, 0.15) is 5.75 Å².